The molecule has 0 aliphatic carbocycles. The molecule has 0 fully saturated rings. The minimum Gasteiger partial charge on any atom is -0.497 e. The number of ether oxygens (including phenoxy) is 2. The summed E-state index contributed by atoms with van der Waals surface area (Å²) in [5, 5.41) is 19.3. The van der Waals surface area contributed by atoms with Crippen LogP contribution in [0, 0.1) is 5.41 Å². The molecule has 2 heterocycles. The summed E-state index contributed by atoms with van der Waals surface area (Å²) < 4.78 is 75.4. The average Bonchev–Trinajstić information content (AvgIpc) is 3.10. The van der Waals surface area contributed by atoms with E-state index in [1.165, 1.54) is 0 Å². The highest BCUT2D eigenvalue weighted by molar-refractivity contribution is 6.32. The number of methoxy groups -OCH3 is 1. The standard InChI is InChI=1S/C34H32Cl2N4O2.2C2HF3O2/c1-34(2,3)19-42-23-8-12-29-27(18-23)33(25-10-6-21(36)16-31(25)39-29)40(14-13-37)32-24-9-5-20(35)15-30(24)38-28-11-7-22(41-4)17-26(28)32;2*3-2(4,5)1(6)7/h5-12,15-18H,13-14,19,37H2,1-4H3;2*(H,6,7). The number of alkyl halides is 6. The smallest absolute Gasteiger partial charge is 0.490 e. The second-order valence-corrected chi connectivity index (χ2v) is 14.1. The maximum Gasteiger partial charge on any atom is 0.490 e. The predicted molar refractivity (Wildman–Crippen MR) is 203 cm³/mol. The molecule has 0 spiro atoms. The molecule has 18 heteroatoms. The van der Waals surface area contributed by atoms with Gasteiger partial charge in [-0.1, -0.05) is 44.0 Å². The van der Waals surface area contributed by atoms with Gasteiger partial charge in [-0.3, -0.25) is 0 Å². The van der Waals surface area contributed by atoms with Crippen molar-refractivity contribution < 1.29 is 55.6 Å². The van der Waals surface area contributed by atoms with Crippen molar-refractivity contribution in [2.45, 2.75) is 33.1 Å². The molecule has 0 atom stereocenters. The summed E-state index contributed by atoms with van der Waals surface area (Å²) in [6.45, 7) is 7.97. The number of hydrogen-bond acceptors (Lipinski definition) is 8. The first-order valence-electron chi connectivity index (χ1n) is 16.3. The number of carbonyl (C=O) groups is 2. The molecule has 0 aliphatic heterocycles. The van der Waals surface area contributed by atoms with Crippen LogP contribution >= 0.6 is 23.2 Å². The first-order chi connectivity index (χ1) is 26.0. The normalized spacial score (nSPS) is 11.8. The molecule has 0 bridgehead atoms. The first kappa shape index (κ1) is 43.4. The summed E-state index contributed by atoms with van der Waals surface area (Å²) in [6.07, 6.45) is -10.2. The zero-order chi connectivity index (χ0) is 41.7. The van der Waals surface area contributed by atoms with Gasteiger partial charge in [-0.05, 0) is 78.2 Å². The number of carboxylic acids is 2. The van der Waals surface area contributed by atoms with Crippen molar-refractivity contribution in [3.05, 3.63) is 82.8 Å². The molecule has 4 N–H and O–H groups in total. The molecular weight excluding hydrogens is 793 g/mol. The van der Waals surface area contributed by atoms with E-state index in [2.05, 4.69) is 31.7 Å². The Balaban J connectivity index is 0.000000425. The topological polar surface area (TPSA) is 148 Å². The van der Waals surface area contributed by atoms with E-state index in [1.807, 2.05) is 66.7 Å². The lowest BCUT2D eigenvalue weighted by Gasteiger charge is -2.30. The fourth-order valence-corrected chi connectivity index (χ4v) is 5.64. The van der Waals surface area contributed by atoms with Crippen LogP contribution < -0.4 is 20.1 Å². The summed E-state index contributed by atoms with van der Waals surface area (Å²) >= 11 is 12.9. The number of hydrogen-bond donors (Lipinski definition) is 3. The van der Waals surface area contributed by atoms with Gasteiger partial charge in [0, 0.05) is 44.7 Å². The Labute approximate surface area is 325 Å². The quantitative estimate of drug-likeness (QED) is 0.105. The van der Waals surface area contributed by atoms with Crippen LogP contribution in [-0.4, -0.2) is 71.3 Å². The molecule has 0 radical (unpaired) electrons. The number of carboxylic acid groups (broad SMARTS) is 2. The summed E-state index contributed by atoms with van der Waals surface area (Å²) in [5.41, 5.74) is 11.5. The van der Waals surface area contributed by atoms with Gasteiger partial charge in [0.15, 0.2) is 0 Å². The Morgan fingerprint density at radius 3 is 1.46 bits per heavy atom. The molecule has 298 valence electrons. The van der Waals surface area contributed by atoms with Crippen LogP contribution in [0.25, 0.3) is 43.6 Å². The zero-order valence-corrected chi connectivity index (χ0v) is 31.5. The Kier molecular flexibility index (Phi) is 13.3. The number of benzene rings is 4. The van der Waals surface area contributed by atoms with Gasteiger partial charge in [-0.25, -0.2) is 19.6 Å². The molecule has 4 aromatic carbocycles. The fourth-order valence-electron chi connectivity index (χ4n) is 5.31. The van der Waals surface area contributed by atoms with E-state index < -0.39 is 24.3 Å². The van der Waals surface area contributed by atoms with Crippen molar-refractivity contribution in [2.24, 2.45) is 11.1 Å². The molecule has 6 aromatic rings. The molecule has 0 amide bonds. The molecule has 6 rings (SSSR count). The van der Waals surface area contributed by atoms with Crippen LogP contribution in [0.1, 0.15) is 20.8 Å². The van der Waals surface area contributed by atoms with E-state index >= 15 is 0 Å². The van der Waals surface area contributed by atoms with Crippen molar-refractivity contribution in [1.82, 2.24) is 9.97 Å². The molecule has 0 aliphatic rings. The minimum atomic E-state index is -5.08. The number of pyridine rings is 2. The van der Waals surface area contributed by atoms with E-state index in [1.54, 1.807) is 7.11 Å². The minimum absolute atomic E-state index is 0.0109. The lowest BCUT2D eigenvalue weighted by molar-refractivity contribution is -0.193. The van der Waals surface area contributed by atoms with Crippen molar-refractivity contribution >= 4 is 90.1 Å². The van der Waals surface area contributed by atoms with Crippen molar-refractivity contribution in [3.8, 4) is 11.5 Å². The molecule has 0 unspecified atom stereocenters. The lowest BCUT2D eigenvalue weighted by Crippen LogP contribution is -2.26. The fraction of sp³-hybridized carbons (Fsp3) is 0.263. The lowest BCUT2D eigenvalue weighted by atomic mass is 9.98. The summed E-state index contributed by atoms with van der Waals surface area (Å²) in [5.74, 6) is -4.00. The highest BCUT2D eigenvalue weighted by Crippen LogP contribution is 2.45. The van der Waals surface area contributed by atoms with Crippen molar-refractivity contribution in [2.75, 3.05) is 31.7 Å². The third-order valence-electron chi connectivity index (χ3n) is 7.64. The number of aromatic nitrogens is 2. The molecular formula is C38H34Cl2F6N4O6. The van der Waals surface area contributed by atoms with Crippen LogP contribution in [0.3, 0.4) is 0 Å². The maximum absolute atomic E-state index is 10.6. The predicted octanol–water partition coefficient (Wildman–Crippen LogP) is 10.2. The monoisotopic (exact) mass is 826 g/mol. The first-order valence-corrected chi connectivity index (χ1v) is 17.1. The van der Waals surface area contributed by atoms with Gasteiger partial charge in [0.1, 0.15) is 11.5 Å². The molecule has 2 aromatic heterocycles. The number of rotatable bonds is 7. The summed E-state index contributed by atoms with van der Waals surface area (Å²) in [6, 6.07) is 23.6. The third-order valence-corrected chi connectivity index (χ3v) is 8.11. The van der Waals surface area contributed by atoms with Gasteiger partial charge in [0.25, 0.3) is 0 Å². The number of aliphatic carboxylic acids is 2. The second-order valence-electron chi connectivity index (χ2n) is 13.2. The highest BCUT2D eigenvalue weighted by atomic mass is 35.5. The average molecular weight is 828 g/mol. The Bertz CT molecular complexity index is 2380. The van der Waals surface area contributed by atoms with Gasteiger partial charge in [-0.15, -0.1) is 0 Å². The number of fused-ring (bicyclic) bond motifs is 4. The van der Waals surface area contributed by atoms with Crippen LogP contribution in [0.2, 0.25) is 10.0 Å². The highest BCUT2D eigenvalue weighted by Gasteiger charge is 2.39. The number of nitrogens with zero attached hydrogens (tertiary/aromatic N) is 3. The largest absolute Gasteiger partial charge is 0.497 e. The summed E-state index contributed by atoms with van der Waals surface area (Å²) in [7, 11) is 1.67. The molecule has 10 nitrogen and oxygen atoms in total. The Morgan fingerprint density at radius 2 is 1.09 bits per heavy atom. The third kappa shape index (κ3) is 10.7. The number of halogens is 8. The van der Waals surface area contributed by atoms with E-state index in [0.29, 0.717) is 29.7 Å². The van der Waals surface area contributed by atoms with Gasteiger partial charge >= 0.3 is 24.3 Å². The van der Waals surface area contributed by atoms with Crippen LogP contribution in [-0.2, 0) is 9.59 Å². The van der Waals surface area contributed by atoms with Crippen molar-refractivity contribution in [3.63, 3.8) is 0 Å². The SMILES string of the molecule is COc1ccc2nc3cc(Cl)ccc3c(N(CCN)c3c4ccc(Cl)cc4nc4ccc(OCC(C)(C)C)cc34)c2c1.O=C(O)C(F)(F)F.O=C(O)C(F)(F)F. The Hall–Kier alpha value is -5.32. The number of anilines is 2. The van der Waals surface area contributed by atoms with Gasteiger partial charge in [0.05, 0.1) is 47.2 Å². The number of nitrogens with two attached hydrogens (primary N) is 1. The van der Waals surface area contributed by atoms with Gasteiger partial charge < -0.3 is 30.3 Å². The summed E-state index contributed by atoms with van der Waals surface area (Å²) in [4.78, 5) is 30.0. The van der Waals surface area contributed by atoms with Crippen LogP contribution in [0.5, 0.6) is 11.5 Å². The second kappa shape index (κ2) is 17.2. The molecule has 56 heavy (non-hydrogen) atoms. The molecule has 0 saturated carbocycles. The van der Waals surface area contributed by atoms with Crippen LogP contribution in [0.4, 0.5) is 37.7 Å². The van der Waals surface area contributed by atoms with E-state index in [0.717, 1.165) is 66.5 Å². The Morgan fingerprint density at radius 1 is 0.679 bits per heavy atom. The van der Waals surface area contributed by atoms with Gasteiger partial charge in [0.2, 0.25) is 0 Å². The van der Waals surface area contributed by atoms with Crippen LogP contribution in [0.15, 0.2) is 72.8 Å². The van der Waals surface area contributed by atoms with E-state index in [-0.39, 0.29) is 5.41 Å². The maximum atomic E-state index is 10.6. The zero-order valence-electron chi connectivity index (χ0n) is 30.0. The van der Waals surface area contributed by atoms with Gasteiger partial charge in [-0.2, -0.15) is 26.3 Å². The molecule has 0 saturated heterocycles. The van der Waals surface area contributed by atoms with E-state index in [4.69, 9.17) is 68.2 Å². The van der Waals surface area contributed by atoms with Crippen molar-refractivity contribution in [1.29, 1.82) is 0 Å². The van der Waals surface area contributed by atoms with E-state index in [9.17, 15) is 26.3 Å².